The molecule has 1 aliphatic heterocycles. The first-order valence-corrected chi connectivity index (χ1v) is 10.3. The number of hydrogen-bond donors (Lipinski definition) is 2. The van der Waals surface area contributed by atoms with E-state index < -0.39 is 0 Å². The first kappa shape index (κ1) is 23.2. The third-order valence-electron chi connectivity index (χ3n) is 5.30. The zero-order chi connectivity index (χ0) is 18.9. The molecule has 2 aliphatic rings. The van der Waals surface area contributed by atoms with Gasteiger partial charge in [-0.15, -0.1) is 24.0 Å². The molecule has 1 saturated carbocycles. The first-order valence-electron chi connectivity index (χ1n) is 10.3. The van der Waals surface area contributed by atoms with Gasteiger partial charge in [-0.2, -0.15) is 0 Å². The third-order valence-corrected chi connectivity index (χ3v) is 5.30. The molecule has 1 aromatic rings. The number of nitrogens with one attached hydrogen (secondary N) is 2. The number of rotatable bonds is 8. The molecule has 0 radical (unpaired) electrons. The molecule has 28 heavy (non-hydrogen) atoms. The van der Waals surface area contributed by atoms with Crippen molar-refractivity contribution in [3.8, 4) is 5.75 Å². The maximum atomic E-state index is 6.12. The van der Waals surface area contributed by atoms with Crippen LogP contribution in [0, 0.1) is 0 Å². The van der Waals surface area contributed by atoms with Crippen LogP contribution in [-0.2, 0) is 11.3 Å². The molecule has 6 nitrogen and oxygen atoms in total. The van der Waals surface area contributed by atoms with Crippen LogP contribution >= 0.6 is 24.0 Å². The standard InChI is InChI=1S/C21H34N4O2.HI/c1-3-22-21(23-15-17(2)25-11-13-26-14-12-25)24-16-18-7-4-5-10-20(18)27-19-8-6-9-19;/h4-5,7,10,17,19H,3,6,8-9,11-16H2,1-2H3,(H2,22,23,24);1H. The van der Waals surface area contributed by atoms with Gasteiger partial charge in [-0.1, -0.05) is 18.2 Å². The van der Waals surface area contributed by atoms with Gasteiger partial charge >= 0.3 is 0 Å². The highest BCUT2D eigenvalue weighted by Crippen LogP contribution is 2.27. The minimum atomic E-state index is 0. The van der Waals surface area contributed by atoms with E-state index in [1.807, 2.05) is 6.07 Å². The van der Waals surface area contributed by atoms with Crippen LogP contribution in [0.25, 0.3) is 0 Å². The van der Waals surface area contributed by atoms with E-state index in [1.165, 1.54) is 19.3 Å². The molecule has 1 aromatic carbocycles. The second kappa shape index (κ2) is 12.5. The van der Waals surface area contributed by atoms with E-state index in [4.69, 9.17) is 14.5 Å². The first-order chi connectivity index (χ1) is 13.3. The summed E-state index contributed by atoms with van der Waals surface area (Å²) in [6.45, 7) is 10.3. The van der Waals surface area contributed by atoms with Crippen molar-refractivity contribution in [1.82, 2.24) is 15.5 Å². The lowest BCUT2D eigenvalue weighted by molar-refractivity contribution is 0.0211. The van der Waals surface area contributed by atoms with Crippen molar-refractivity contribution in [3.63, 3.8) is 0 Å². The Morgan fingerprint density at radius 3 is 2.68 bits per heavy atom. The van der Waals surface area contributed by atoms with Crippen molar-refractivity contribution < 1.29 is 9.47 Å². The van der Waals surface area contributed by atoms with Gasteiger partial charge in [0, 0.05) is 37.8 Å². The second-order valence-electron chi connectivity index (χ2n) is 7.35. The van der Waals surface area contributed by atoms with Gasteiger partial charge in [-0.05, 0) is 39.2 Å². The fourth-order valence-corrected chi connectivity index (χ4v) is 3.32. The summed E-state index contributed by atoms with van der Waals surface area (Å²) < 4.78 is 11.6. The summed E-state index contributed by atoms with van der Waals surface area (Å²) in [6.07, 6.45) is 4.00. The molecule has 1 heterocycles. The van der Waals surface area contributed by atoms with Crippen LogP contribution in [-0.4, -0.2) is 62.4 Å². The van der Waals surface area contributed by atoms with Gasteiger partial charge in [0.1, 0.15) is 5.75 Å². The third kappa shape index (κ3) is 7.08. The average molecular weight is 502 g/mol. The van der Waals surface area contributed by atoms with Crippen LogP contribution in [0.4, 0.5) is 0 Å². The number of nitrogens with zero attached hydrogens (tertiary/aromatic N) is 2. The molecule has 0 amide bonds. The molecule has 0 bridgehead atoms. The quantitative estimate of drug-likeness (QED) is 0.325. The Morgan fingerprint density at radius 1 is 1.25 bits per heavy atom. The summed E-state index contributed by atoms with van der Waals surface area (Å²) in [5.41, 5.74) is 1.14. The van der Waals surface area contributed by atoms with Gasteiger partial charge in [-0.25, -0.2) is 4.99 Å². The molecular formula is C21H35IN4O2. The maximum Gasteiger partial charge on any atom is 0.191 e. The number of benzene rings is 1. The molecule has 2 N–H and O–H groups in total. The summed E-state index contributed by atoms with van der Waals surface area (Å²) in [4.78, 5) is 7.24. The molecular weight excluding hydrogens is 467 g/mol. The van der Waals surface area contributed by atoms with E-state index >= 15 is 0 Å². The van der Waals surface area contributed by atoms with Crippen LogP contribution in [0.3, 0.4) is 0 Å². The highest BCUT2D eigenvalue weighted by Gasteiger charge is 2.20. The number of halogens is 1. The van der Waals surface area contributed by atoms with Crippen molar-refractivity contribution in [1.29, 1.82) is 0 Å². The van der Waals surface area contributed by atoms with Gasteiger partial charge in [0.05, 0.1) is 25.9 Å². The van der Waals surface area contributed by atoms with E-state index in [1.54, 1.807) is 0 Å². The smallest absolute Gasteiger partial charge is 0.191 e. The minimum Gasteiger partial charge on any atom is -0.490 e. The van der Waals surface area contributed by atoms with Crippen molar-refractivity contribution in [3.05, 3.63) is 29.8 Å². The number of aliphatic imine (C=N–C) groups is 1. The maximum absolute atomic E-state index is 6.12. The van der Waals surface area contributed by atoms with E-state index in [9.17, 15) is 0 Å². The average Bonchev–Trinajstić information content (AvgIpc) is 2.68. The summed E-state index contributed by atoms with van der Waals surface area (Å²) in [7, 11) is 0. The summed E-state index contributed by atoms with van der Waals surface area (Å²) in [5.74, 6) is 1.83. The zero-order valence-corrected chi connectivity index (χ0v) is 19.5. The lowest BCUT2D eigenvalue weighted by Crippen LogP contribution is -2.49. The summed E-state index contributed by atoms with van der Waals surface area (Å²) >= 11 is 0. The Bertz CT molecular complexity index is 604. The predicted octanol–water partition coefficient (Wildman–Crippen LogP) is 3.01. The van der Waals surface area contributed by atoms with Crippen LogP contribution in [0.5, 0.6) is 5.75 Å². The topological polar surface area (TPSA) is 58.1 Å². The SMILES string of the molecule is CCNC(=NCc1ccccc1OC1CCC1)NCC(C)N1CCOCC1.I. The van der Waals surface area contributed by atoms with Gasteiger partial charge in [0.2, 0.25) is 0 Å². The summed E-state index contributed by atoms with van der Waals surface area (Å²) in [5, 5.41) is 6.83. The van der Waals surface area contributed by atoms with Gasteiger partial charge < -0.3 is 20.1 Å². The van der Waals surface area contributed by atoms with E-state index in [2.05, 4.69) is 47.6 Å². The van der Waals surface area contributed by atoms with Crippen LogP contribution in [0.15, 0.2) is 29.3 Å². The molecule has 0 aromatic heterocycles. The fourth-order valence-electron chi connectivity index (χ4n) is 3.32. The van der Waals surface area contributed by atoms with Crippen LogP contribution in [0.1, 0.15) is 38.7 Å². The molecule has 1 saturated heterocycles. The summed E-state index contributed by atoms with van der Waals surface area (Å²) in [6, 6.07) is 8.71. The van der Waals surface area contributed by atoms with Crippen molar-refractivity contribution in [2.45, 2.75) is 51.8 Å². The second-order valence-corrected chi connectivity index (χ2v) is 7.35. The normalized spacial score (nSPS) is 19.3. The Kier molecular flexibility index (Phi) is 10.4. The van der Waals surface area contributed by atoms with Gasteiger partial charge in [0.15, 0.2) is 5.96 Å². The number of morpholine rings is 1. The van der Waals surface area contributed by atoms with Crippen molar-refractivity contribution >= 4 is 29.9 Å². The lowest BCUT2D eigenvalue weighted by Gasteiger charge is -2.32. The number of ether oxygens (including phenoxy) is 2. The highest BCUT2D eigenvalue weighted by atomic mass is 127. The van der Waals surface area contributed by atoms with Crippen LogP contribution < -0.4 is 15.4 Å². The Balaban J connectivity index is 0.00000280. The zero-order valence-electron chi connectivity index (χ0n) is 17.2. The Labute approximate surface area is 186 Å². The van der Waals surface area contributed by atoms with Crippen LogP contribution in [0.2, 0.25) is 0 Å². The Hall–Kier alpha value is -1.06. The fraction of sp³-hybridized carbons (Fsp3) is 0.667. The number of hydrogen-bond acceptors (Lipinski definition) is 4. The number of guanidine groups is 1. The minimum absolute atomic E-state index is 0. The lowest BCUT2D eigenvalue weighted by atomic mass is 9.96. The molecule has 3 rings (SSSR count). The highest BCUT2D eigenvalue weighted by molar-refractivity contribution is 14.0. The predicted molar refractivity (Wildman–Crippen MR) is 125 cm³/mol. The molecule has 1 unspecified atom stereocenters. The Morgan fingerprint density at radius 2 is 2.00 bits per heavy atom. The van der Waals surface area contributed by atoms with E-state index in [0.717, 1.165) is 56.7 Å². The molecule has 158 valence electrons. The molecule has 1 aliphatic carbocycles. The molecule has 2 fully saturated rings. The molecule has 7 heteroatoms. The molecule has 0 spiro atoms. The van der Waals surface area contributed by atoms with Crippen molar-refractivity contribution in [2.24, 2.45) is 4.99 Å². The van der Waals surface area contributed by atoms with Crippen molar-refractivity contribution in [2.75, 3.05) is 39.4 Å². The largest absolute Gasteiger partial charge is 0.490 e. The van der Waals surface area contributed by atoms with E-state index in [-0.39, 0.29) is 24.0 Å². The number of para-hydroxylation sites is 1. The molecule has 1 atom stereocenters. The van der Waals surface area contributed by atoms with E-state index in [0.29, 0.717) is 18.7 Å². The van der Waals surface area contributed by atoms with Gasteiger partial charge in [-0.3, -0.25) is 4.90 Å². The van der Waals surface area contributed by atoms with Gasteiger partial charge in [0.25, 0.3) is 0 Å². The monoisotopic (exact) mass is 502 g/mol.